The monoisotopic (exact) mass is 854 g/mol. The van der Waals surface area contributed by atoms with Gasteiger partial charge in [0, 0.05) is 66.8 Å². The summed E-state index contributed by atoms with van der Waals surface area (Å²) < 4.78 is 0. The van der Waals surface area contributed by atoms with Crippen LogP contribution in [0.25, 0.3) is 0 Å². The predicted molar refractivity (Wildman–Crippen MR) is 249 cm³/mol. The molecule has 0 amide bonds. The highest BCUT2D eigenvalue weighted by atomic mass is 16.4. The van der Waals surface area contributed by atoms with Gasteiger partial charge in [0.05, 0.1) is 22.3 Å². The van der Waals surface area contributed by atoms with Crippen molar-refractivity contribution in [2.24, 2.45) is 0 Å². The first-order valence-corrected chi connectivity index (χ1v) is 19.8. The molecule has 8 nitrogen and oxygen atoms in total. The van der Waals surface area contributed by atoms with Crippen LogP contribution >= 0.6 is 0 Å². The normalized spacial score (nSPS) is 9.58. The summed E-state index contributed by atoms with van der Waals surface area (Å²) in [4.78, 5) is 45.1. The Hall–Kier alpha value is -10.2. The lowest BCUT2D eigenvalue weighted by Gasteiger charge is -1.99. The number of aromatic carboxylic acids is 4. The zero-order chi connectivity index (χ0) is 46.4. The quantitative estimate of drug-likeness (QED) is 0.128. The van der Waals surface area contributed by atoms with Crippen LogP contribution in [0.2, 0.25) is 0 Å². The van der Waals surface area contributed by atoms with Crippen molar-refractivity contribution in [2.45, 2.75) is 0 Å². The van der Waals surface area contributed by atoms with E-state index in [0.29, 0.717) is 55.6 Å². The third-order valence-electron chi connectivity index (χ3n) is 9.39. The molecule has 0 unspecified atom stereocenters. The van der Waals surface area contributed by atoms with Crippen LogP contribution in [0.5, 0.6) is 0 Å². The van der Waals surface area contributed by atoms with Gasteiger partial charge in [-0.1, -0.05) is 71.0 Å². The van der Waals surface area contributed by atoms with Gasteiger partial charge in [-0.05, 0) is 158 Å². The number of carboxylic acids is 4. The number of rotatable bonds is 4. The minimum Gasteiger partial charge on any atom is -0.478 e. The van der Waals surface area contributed by atoms with Gasteiger partial charge in [0.1, 0.15) is 0 Å². The van der Waals surface area contributed by atoms with Crippen LogP contribution in [0.15, 0.2) is 158 Å². The van der Waals surface area contributed by atoms with E-state index in [1.165, 1.54) is 48.5 Å². The molecule has 0 aliphatic carbocycles. The van der Waals surface area contributed by atoms with Gasteiger partial charge in [-0.3, -0.25) is 0 Å². The van der Waals surface area contributed by atoms with E-state index in [4.69, 9.17) is 0 Å². The Kier molecular flexibility index (Phi) is 13.7. The summed E-state index contributed by atoms with van der Waals surface area (Å²) in [6.45, 7) is 0. The van der Waals surface area contributed by atoms with Crippen molar-refractivity contribution in [1.29, 1.82) is 0 Å². The second-order valence-electron chi connectivity index (χ2n) is 14.2. The van der Waals surface area contributed by atoms with Crippen LogP contribution in [-0.4, -0.2) is 44.3 Å². The fourth-order valence-electron chi connectivity index (χ4n) is 5.98. The Morgan fingerprint density at radius 2 is 0.333 bits per heavy atom. The van der Waals surface area contributed by atoms with Gasteiger partial charge in [-0.25, -0.2) is 19.2 Å². The summed E-state index contributed by atoms with van der Waals surface area (Å²) in [6.07, 6.45) is 0. The van der Waals surface area contributed by atoms with Crippen molar-refractivity contribution in [2.75, 3.05) is 0 Å². The summed E-state index contributed by atoms with van der Waals surface area (Å²) in [5.41, 5.74) is 8.43. The highest BCUT2D eigenvalue weighted by Gasteiger charge is 2.05. The van der Waals surface area contributed by atoms with Gasteiger partial charge >= 0.3 is 23.9 Å². The van der Waals surface area contributed by atoms with E-state index in [-0.39, 0.29) is 22.3 Å². The topological polar surface area (TPSA) is 149 Å². The summed E-state index contributed by atoms with van der Waals surface area (Å²) in [5.74, 6) is 33.4. The van der Waals surface area contributed by atoms with Crippen molar-refractivity contribution in [3.05, 3.63) is 247 Å². The van der Waals surface area contributed by atoms with Gasteiger partial charge in [0.2, 0.25) is 0 Å². The number of carboxylic acid groups (broad SMARTS) is 4. The van der Waals surface area contributed by atoms with Gasteiger partial charge in [0.25, 0.3) is 0 Å². The third-order valence-corrected chi connectivity index (χ3v) is 9.39. The van der Waals surface area contributed by atoms with Gasteiger partial charge in [-0.15, -0.1) is 0 Å². The number of carbonyl (C=O) groups is 4. The first-order chi connectivity index (χ1) is 31.9. The van der Waals surface area contributed by atoms with E-state index in [0.717, 1.165) is 11.1 Å². The Labute approximate surface area is 379 Å². The Balaban J connectivity index is 1.15. The molecule has 8 heteroatoms. The van der Waals surface area contributed by atoms with Crippen molar-refractivity contribution < 1.29 is 39.6 Å². The molecule has 0 spiro atoms. The van der Waals surface area contributed by atoms with Crippen LogP contribution in [0.3, 0.4) is 0 Å². The average Bonchev–Trinajstić information content (AvgIpc) is 3.33. The fourth-order valence-corrected chi connectivity index (χ4v) is 5.98. The molecule has 0 aliphatic rings. The molecule has 0 radical (unpaired) electrons. The fraction of sp³-hybridized carbons (Fsp3) is 0. The largest absolute Gasteiger partial charge is 0.478 e. The smallest absolute Gasteiger partial charge is 0.335 e. The molecule has 0 saturated heterocycles. The van der Waals surface area contributed by atoms with Crippen LogP contribution in [-0.2, 0) is 0 Å². The van der Waals surface area contributed by atoms with Gasteiger partial charge in [0.15, 0.2) is 0 Å². The lowest BCUT2D eigenvalue weighted by molar-refractivity contribution is 0.0686. The summed E-state index contributed by atoms with van der Waals surface area (Å²) in [6, 6.07) is 43.4. The van der Waals surface area contributed by atoms with Crippen molar-refractivity contribution >= 4 is 23.9 Å². The molecule has 7 aromatic carbocycles. The Morgan fingerprint density at radius 3 is 0.470 bits per heavy atom. The van der Waals surface area contributed by atoms with Crippen LogP contribution in [0, 0.1) is 71.0 Å². The number of hydrogen-bond acceptors (Lipinski definition) is 4. The Bertz CT molecular complexity index is 3030. The van der Waals surface area contributed by atoms with Crippen LogP contribution in [0.4, 0.5) is 0 Å². The first-order valence-electron chi connectivity index (χ1n) is 19.8. The molecule has 4 N–H and O–H groups in total. The average molecular weight is 855 g/mol. The lowest BCUT2D eigenvalue weighted by atomic mass is 10.0. The van der Waals surface area contributed by atoms with Crippen LogP contribution in [0.1, 0.15) is 108 Å². The van der Waals surface area contributed by atoms with Crippen molar-refractivity contribution in [1.82, 2.24) is 0 Å². The minimum absolute atomic E-state index is 0.158. The molecule has 7 rings (SSSR count). The number of hydrogen-bond donors (Lipinski definition) is 4. The molecule has 0 saturated carbocycles. The maximum Gasteiger partial charge on any atom is 0.335 e. The summed E-state index contributed by atoms with van der Waals surface area (Å²) >= 11 is 0. The summed E-state index contributed by atoms with van der Waals surface area (Å²) in [7, 11) is 0. The molecule has 7 aromatic rings. The first kappa shape index (κ1) is 43.9. The maximum absolute atomic E-state index is 11.3. The molecular formula is C58H30O8. The molecule has 0 atom stereocenters. The van der Waals surface area contributed by atoms with Gasteiger partial charge < -0.3 is 20.4 Å². The zero-order valence-corrected chi connectivity index (χ0v) is 34.4. The highest BCUT2D eigenvalue weighted by molar-refractivity contribution is 5.89. The molecule has 0 bridgehead atoms. The molecule has 0 heterocycles. The maximum atomic E-state index is 11.3. The van der Waals surface area contributed by atoms with E-state index in [2.05, 4.69) is 71.0 Å². The molecule has 0 aliphatic heterocycles. The minimum atomic E-state index is -1.03. The zero-order valence-electron chi connectivity index (χ0n) is 34.4. The second kappa shape index (κ2) is 20.6. The lowest BCUT2D eigenvalue weighted by Crippen LogP contribution is -1.95. The molecule has 0 aromatic heterocycles. The van der Waals surface area contributed by atoms with E-state index in [1.54, 1.807) is 48.5 Å². The van der Waals surface area contributed by atoms with E-state index < -0.39 is 23.9 Å². The van der Waals surface area contributed by atoms with Gasteiger partial charge in [-0.2, -0.15) is 0 Å². The third kappa shape index (κ3) is 12.4. The van der Waals surface area contributed by atoms with Crippen molar-refractivity contribution in [3.8, 4) is 71.0 Å². The molecule has 310 valence electrons. The molecular weight excluding hydrogens is 825 g/mol. The van der Waals surface area contributed by atoms with E-state index >= 15 is 0 Å². The Morgan fingerprint density at radius 1 is 0.212 bits per heavy atom. The van der Waals surface area contributed by atoms with Crippen molar-refractivity contribution in [3.63, 3.8) is 0 Å². The van der Waals surface area contributed by atoms with E-state index in [1.807, 2.05) is 60.7 Å². The second-order valence-corrected chi connectivity index (χ2v) is 14.2. The predicted octanol–water partition coefficient (Wildman–Crippen LogP) is 8.88. The number of benzene rings is 7. The summed E-state index contributed by atoms with van der Waals surface area (Å²) in [5, 5.41) is 37.0. The van der Waals surface area contributed by atoms with Crippen LogP contribution < -0.4 is 0 Å². The SMILES string of the molecule is O=C(O)c1ccc(C#Cc2cc(C#Cc3ccc(C#Cc4cc(C#Cc5ccc(C(=O)O)cc5)cc(C#Cc5ccc(C(=O)O)cc5)c4)cc3)cc(C#Cc3ccc(C(=O)O)cc3)c2)cc1. The molecule has 0 fully saturated rings. The van der Waals surface area contributed by atoms with E-state index in [9.17, 15) is 39.6 Å². The highest BCUT2D eigenvalue weighted by Crippen LogP contribution is 2.14. The standard InChI is InChI=1S/C58H30O8/c59-55(60)51-25-17-41(18-26-51)7-13-47-33-45(34-48(37-47)14-8-42-19-27-52(28-20-42)56(61)62)11-5-39-1-2-40(4-3-39)6-12-46-35-49(15-9-43-21-29-53(30-22-43)57(63)64)38-50(36-46)16-10-44-23-31-54(32-24-44)58(65)66/h1-4,17-38H,(H,59,60)(H,61,62)(H,63,64)(H,65,66). The molecule has 66 heavy (non-hydrogen) atoms.